The number of nitrogens with one attached hydrogen (secondary N) is 1. The molecule has 1 fully saturated rings. The highest BCUT2D eigenvalue weighted by Crippen LogP contribution is 2.25. The lowest BCUT2D eigenvalue weighted by molar-refractivity contribution is -0.128. The fraction of sp³-hybridized carbons (Fsp3) is 0.917. The van der Waals surface area contributed by atoms with Crippen molar-refractivity contribution in [2.24, 2.45) is 5.73 Å². The van der Waals surface area contributed by atoms with Crippen molar-refractivity contribution in [3.63, 3.8) is 0 Å². The number of carbonyl (C=O) groups excluding carboxylic acids is 1. The molecule has 0 aromatic carbocycles. The van der Waals surface area contributed by atoms with Gasteiger partial charge in [0.1, 0.15) is 0 Å². The Morgan fingerprint density at radius 1 is 1.38 bits per heavy atom. The Hall–Kier alpha value is -0.610. The minimum atomic E-state index is -0.612. The third kappa shape index (κ3) is 3.76. The van der Waals surface area contributed by atoms with Gasteiger partial charge in [0.2, 0.25) is 5.91 Å². The van der Waals surface area contributed by atoms with E-state index in [0.29, 0.717) is 0 Å². The molecule has 0 bridgehead atoms. The summed E-state index contributed by atoms with van der Waals surface area (Å²) in [5.74, 6) is 0.0292. The lowest BCUT2D eigenvalue weighted by atomic mass is 9.82. The summed E-state index contributed by atoms with van der Waals surface area (Å²) >= 11 is 0. The third-order valence-electron chi connectivity index (χ3n) is 3.21. The van der Waals surface area contributed by atoms with Crippen LogP contribution in [0.1, 0.15) is 39.0 Å². The molecule has 0 aliphatic heterocycles. The van der Waals surface area contributed by atoms with Gasteiger partial charge in [-0.15, -0.1) is 0 Å². The van der Waals surface area contributed by atoms with Gasteiger partial charge in [0, 0.05) is 12.6 Å². The lowest BCUT2D eigenvalue weighted by Crippen LogP contribution is -2.57. The number of likely N-dealkylation sites (N-methyl/N-ethyl adjacent to an activating group) is 1. The highest BCUT2D eigenvalue weighted by Gasteiger charge is 2.35. The number of nitrogens with zero attached hydrogens (tertiary/aromatic N) is 1. The van der Waals surface area contributed by atoms with Crippen LogP contribution in [-0.4, -0.2) is 43.0 Å². The zero-order valence-electron chi connectivity index (χ0n) is 10.8. The number of rotatable bonds is 4. The summed E-state index contributed by atoms with van der Waals surface area (Å²) < 4.78 is 0. The van der Waals surface area contributed by atoms with Crippen LogP contribution in [0.5, 0.6) is 0 Å². The Bertz CT molecular complexity index is 234. The molecule has 0 aromatic heterocycles. The quantitative estimate of drug-likeness (QED) is 0.744. The molecule has 0 aromatic rings. The fourth-order valence-corrected chi connectivity index (χ4v) is 2.37. The molecule has 0 spiro atoms. The van der Waals surface area contributed by atoms with Crippen molar-refractivity contribution >= 4 is 5.91 Å². The smallest absolute Gasteiger partial charge is 0.240 e. The minimum Gasteiger partial charge on any atom is -0.351 e. The average Bonchev–Trinajstić information content (AvgIpc) is 2.17. The van der Waals surface area contributed by atoms with Crippen LogP contribution in [0.15, 0.2) is 0 Å². The van der Waals surface area contributed by atoms with Crippen LogP contribution in [0.25, 0.3) is 0 Å². The molecule has 4 heteroatoms. The van der Waals surface area contributed by atoms with Gasteiger partial charge in [0.05, 0.1) is 5.54 Å². The predicted octanol–water partition coefficient (Wildman–Crippen LogP) is 0.714. The maximum absolute atomic E-state index is 12.1. The molecule has 1 aliphatic rings. The second-order valence-corrected chi connectivity index (χ2v) is 5.35. The number of hydrogen-bond donors (Lipinski definition) is 2. The van der Waals surface area contributed by atoms with Gasteiger partial charge < -0.3 is 16.0 Å². The fourth-order valence-electron chi connectivity index (χ4n) is 2.37. The SMILES string of the molecule is CC(CN(C)C)NC(=O)C1(N)CCCCC1. The van der Waals surface area contributed by atoms with Crippen LogP contribution in [-0.2, 0) is 4.79 Å². The van der Waals surface area contributed by atoms with E-state index in [-0.39, 0.29) is 11.9 Å². The molecule has 1 amide bonds. The standard InChI is InChI=1S/C12H25N3O/c1-10(9-15(2)3)14-11(16)12(13)7-5-4-6-8-12/h10H,4-9,13H2,1-3H3,(H,14,16). The zero-order valence-corrected chi connectivity index (χ0v) is 10.8. The first-order valence-electron chi connectivity index (χ1n) is 6.18. The second-order valence-electron chi connectivity index (χ2n) is 5.35. The van der Waals surface area contributed by atoms with E-state index < -0.39 is 5.54 Å². The van der Waals surface area contributed by atoms with E-state index in [0.717, 1.165) is 32.2 Å². The van der Waals surface area contributed by atoms with Gasteiger partial charge >= 0.3 is 0 Å². The topological polar surface area (TPSA) is 58.4 Å². The first-order chi connectivity index (χ1) is 7.44. The van der Waals surface area contributed by atoms with Crippen molar-refractivity contribution < 1.29 is 4.79 Å². The summed E-state index contributed by atoms with van der Waals surface area (Å²) in [7, 11) is 4.00. The predicted molar refractivity (Wildman–Crippen MR) is 66.2 cm³/mol. The maximum atomic E-state index is 12.1. The summed E-state index contributed by atoms with van der Waals surface area (Å²) in [4.78, 5) is 14.1. The molecule has 1 atom stereocenters. The highest BCUT2D eigenvalue weighted by molar-refractivity contribution is 5.86. The van der Waals surface area contributed by atoms with Gasteiger partial charge in [-0.2, -0.15) is 0 Å². The molecular weight excluding hydrogens is 202 g/mol. The molecule has 1 unspecified atom stereocenters. The van der Waals surface area contributed by atoms with E-state index in [1.54, 1.807) is 0 Å². The third-order valence-corrected chi connectivity index (χ3v) is 3.21. The van der Waals surface area contributed by atoms with E-state index in [2.05, 4.69) is 10.2 Å². The number of hydrogen-bond acceptors (Lipinski definition) is 3. The summed E-state index contributed by atoms with van der Waals surface area (Å²) in [6, 6.07) is 0.157. The molecule has 1 rings (SSSR count). The van der Waals surface area contributed by atoms with Crippen molar-refractivity contribution in [3.8, 4) is 0 Å². The van der Waals surface area contributed by atoms with Crippen molar-refractivity contribution in [2.75, 3.05) is 20.6 Å². The average molecular weight is 227 g/mol. The van der Waals surface area contributed by atoms with Crippen LogP contribution in [0.4, 0.5) is 0 Å². The van der Waals surface area contributed by atoms with Crippen LogP contribution in [0, 0.1) is 0 Å². The highest BCUT2D eigenvalue weighted by atomic mass is 16.2. The Labute approximate surface area is 98.6 Å². The minimum absolute atomic E-state index is 0.0292. The number of nitrogens with two attached hydrogens (primary N) is 1. The molecule has 16 heavy (non-hydrogen) atoms. The molecule has 0 radical (unpaired) electrons. The monoisotopic (exact) mass is 227 g/mol. The Morgan fingerprint density at radius 3 is 2.44 bits per heavy atom. The van der Waals surface area contributed by atoms with Gasteiger partial charge in [-0.1, -0.05) is 19.3 Å². The maximum Gasteiger partial charge on any atom is 0.240 e. The largest absolute Gasteiger partial charge is 0.351 e. The summed E-state index contributed by atoms with van der Waals surface area (Å²) in [5.41, 5.74) is 5.54. The van der Waals surface area contributed by atoms with Crippen molar-refractivity contribution in [1.29, 1.82) is 0 Å². The van der Waals surface area contributed by atoms with E-state index in [4.69, 9.17) is 5.73 Å². The number of amides is 1. The normalized spacial score (nSPS) is 21.8. The first kappa shape index (κ1) is 13.5. The lowest BCUT2D eigenvalue weighted by Gasteiger charge is -2.33. The number of carbonyl (C=O) groups is 1. The van der Waals surface area contributed by atoms with E-state index >= 15 is 0 Å². The van der Waals surface area contributed by atoms with Crippen LogP contribution in [0.2, 0.25) is 0 Å². The zero-order chi connectivity index (χ0) is 12.2. The summed E-state index contributed by atoms with van der Waals surface area (Å²) in [6.45, 7) is 2.87. The Kier molecular flexibility index (Phi) is 4.74. The van der Waals surface area contributed by atoms with E-state index in [1.165, 1.54) is 6.42 Å². The van der Waals surface area contributed by atoms with Gasteiger partial charge in [-0.3, -0.25) is 4.79 Å². The Morgan fingerprint density at radius 2 is 1.94 bits per heavy atom. The molecular formula is C12H25N3O. The van der Waals surface area contributed by atoms with Crippen molar-refractivity contribution in [1.82, 2.24) is 10.2 Å². The molecule has 3 N–H and O–H groups in total. The van der Waals surface area contributed by atoms with E-state index in [1.807, 2.05) is 21.0 Å². The van der Waals surface area contributed by atoms with Crippen molar-refractivity contribution in [3.05, 3.63) is 0 Å². The summed E-state index contributed by atoms with van der Waals surface area (Å²) in [5, 5.41) is 3.02. The van der Waals surface area contributed by atoms with Gasteiger partial charge in [0.25, 0.3) is 0 Å². The molecule has 4 nitrogen and oxygen atoms in total. The van der Waals surface area contributed by atoms with Gasteiger partial charge in [-0.05, 0) is 33.9 Å². The molecule has 1 aliphatic carbocycles. The molecule has 0 saturated heterocycles. The summed E-state index contributed by atoms with van der Waals surface area (Å²) in [6.07, 6.45) is 5.01. The van der Waals surface area contributed by atoms with Crippen LogP contribution in [0.3, 0.4) is 0 Å². The molecule has 1 saturated carbocycles. The second kappa shape index (κ2) is 5.64. The van der Waals surface area contributed by atoms with Gasteiger partial charge in [-0.25, -0.2) is 0 Å². The van der Waals surface area contributed by atoms with Crippen LogP contribution >= 0.6 is 0 Å². The molecule has 94 valence electrons. The Balaban J connectivity index is 2.44. The van der Waals surface area contributed by atoms with Crippen LogP contribution < -0.4 is 11.1 Å². The van der Waals surface area contributed by atoms with Crippen molar-refractivity contribution in [2.45, 2.75) is 50.6 Å². The van der Waals surface area contributed by atoms with E-state index in [9.17, 15) is 4.79 Å². The van der Waals surface area contributed by atoms with Gasteiger partial charge in [0.15, 0.2) is 0 Å². The first-order valence-corrected chi connectivity index (χ1v) is 6.18. The molecule has 0 heterocycles.